The van der Waals surface area contributed by atoms with Crippen molar-refractivity contribution >= 4 is 31.9 Å². The van der Waals surface area contributed by atoms with Crippen LogP contribution in [0.5, 0.6) is 5.75 Å². The van der Waals surface area contributed by atoms with Crippen molar-refractivity contribution in [1.29, 1.82) is 0 Å². The number of nitrogens with zero attached hydrogens (tertiary/aromatic N) is 1. The normalized spacial score (nSPS) is 14.2. The molecule has 1 fully saturated rings. The van der Waals surface area contributed by atoms with Crippen LogP contribution in [0.3, 0.4) is 0 Å². The number of para-hydroxylation sites is 1. The van der Waals surface area contributed by atoms with Crippen molar-refractivity contribution in [3.63, 3.8) is 0 Å². The van der Waals surface area contributed by atoms with E-state index in [-0.39, 0.29) is 0 Å². The molecule has 1 saturated carbocycles. The maximum Gasteiger partial charge on any atom is 0.138 e. The molecule has 110 valence electrons. The van der Waals surface area contributed by atoms with E-state index in [2.05, 4.69) is 48.2 Å². The van der Waals surface area contributed by atoms with Crippen LogP contribution in [0, 0.1) is 0 Å². The molecule has 0 saturated heterocycles. The molecule has 0 radical (unpaired) electrons. The molecule has 1 aromatic carbocycles. The van der Waals surface area contributed by atoms with Gasteiger partial charge in [-0.1, -0.05) is 12.1 Å². The minimum absolute atomic E-state index is 0.465. The molecule has 5 heteroatoms. The van der Waals surface area contributed by atoms with Crippen LogP contribution < -0.4 is 10.1 Å². The van der Waals surface area contributed by atoms with E-state index >= 15 is 0 Å². The molecule has 1 aliphatic rings. The predicted octanol–water partition coefficient (Wildman–Crippen LogP) is 4.44. The third-order valence-electron chi connectivity index (χ3n) is 3.36. The summed E-state index contributed by atoms with van der Waals surface area (Å²) in [5.74, 6) is 0.898. The van der Waals surface area contributed by atoms with Crippen LogP contribution in [0.4, 0.5) is 0 Å². The van der Waals surface area contributed by atoms with Gasteiger partial charge < -0.3 is 10.1 Å². The Hall–Kier alpha value is -0.910. The van der Waals surface area contributed by atoms with E-state index in [0.29, 0.717) is 12.6 Å². The summed E-state index contributed by atoms with van der Waals surface area (Å²) in [5, 5.41) is 3.52. The lowest BCUT2D eigenvalue weighted by Gasteiger charge is -2.13. The van der Waals surface area contributed by atoms with Crippen LogP contribution in [0.15, 0.2) is 45.5 Å². The topological polar surface area (TPSA) is 34.1 Å². The highest BCUT2D eigenvalue weighted by Gasteiger charge is 2.21. The highest BCUT2D eigenvalue weighted by molar-refractivity contribution is 9.10. The number of hydrogen-bond acceptors (Lipinski definition) is 3. The molecule has 0 amide bonds. The maximum absolute atomic E-state index is 5.98. The molecule has 3 rings (SSSR count). The summed E-state index contributed by atoms with van der Waals surface area (Å²) in [6.45, 7) is 1.31. The van der Waals surface area contributed by atoms with Crippen molar-refractivity contribution in [1.82, 2.24) is 10.3 Å². The second-order valence-electron chi connectivity index (χ2n) is 5.14. The minimum atomic E-state index is 0.465. The minimum Gasteiger partial charge on any atom is -0.486 e. The van der Waals surface area contributed by atoms with E-state index in [1.807, 2.05) is 24.3 Å². The number of ether oxygens (including phenoxy) is 1. The largest absolute Gasteiger partial charge is 0.486 e. The first kappa shape index (κ1) is 15.0. The van der Waals surface area contributed by atoms with E-state index in [4.69, 9.17) is 4.74 Å². The van der Waals surface area contributed by atoms with Crippen LogP contribution in [-0.4, -0.2) is 11.0 Å². The summed E-state index contributed by atoms with van der Waals surface area (Å²) in [6.07, 6.45) is 4.36. The number of rotatable bonds is 6. The van der Waals surface area contributed by atoms with Gasteiger partial charge in [0.05, 0.1) is 10.2 Å². The third-order valence-corrected chi connectivity index (χ3v) is 4.45. The van der Waals surface area contributed by atoms with Gasteiger partial charge in [-0.05, 0) is 62.9 Å². The summed E-state index contributed by atoms with van der Waals surface area (Å²) in [5.41, 5.74) is 2.09. The van der Waals surface area contributed by atoms with E-state index in [0.717, 1.165) is 26.9 Å². The Morgan fingerprint density at radius 1 is 1.19 bits per heavy atom. The number of halogens is 2. The zero-order valence-electron chi connectivity index (χ0n) is 11.5. The highest BCUT2D eigenvalue weighted by atomic mass is 79.9. The van der Waals surface area contributed by atoms with Crippen molar-refractivity contribution in [2.24, 2.45) is 0 Å². The van der Waals surface area contributed by atoms with Crippen molar-refractivity contribution in [2.45, 2.75) is 32.0 Å². The average Bonchev–Trinajstić information content (AvgIpc) is 3.30. The van der Waals surface area contributed by atoms with Crippen LogP contribution in [0.2, 0.25) is 0 Å². The molecule has 1 heterocycles. The average molecular weight is 412 g/mol. The molecule has 0 spiro atoms. The van der Waals surface area contributed by atoms with Gasteiger partial charge in [0.2, 0.25) is 0 Å². The summed E-state index contributed by atoms with van der Waals surface area (Å²) >= 11 is 6.96. The Labute approximate surface area is 141 Å². The van der Waals surface area contributed by atoms with Crippen molar-refractivity contribution in [3.05, 3.63) is 56.7 Å². The maximum atomic E-state index is 5.98. The van der Waals surface area contributed by atoms with Crippen LogP contribution in [0.25, 0.3) is 0 Å². The molecule has 3 nitrogen and oxygen atoms in total. The number of benzene rings is 1. The number of nitrogens with one attached hydrogen (secondary N) is 1. The molecule has 1 N–H and O–H groups in total. The molecular weight excluding hydrogens is 396 g/mol. The Morgan fingerprint density at radius 2 is 2.05 bits per heavy atom. The van der Waals surface area contributed by atoms with Gasteiger partial charge in [-0.2, -0.15) is 0 Å². The Bertz CT molecular complexity index is 612. The Morgan fingerprint density at radius 3 is 2.76 bits per heavy atom. The van der Waals surface area contributed by atoms with Crippen molar-refractivity contribution in [3.8, 4) is 5.75 Å². The fraction of sp³-hybridized carbons (Fsp3) is 0.312. The molecule has 0 aliphatic heterocycles. The number of aromatic nitrogens is 1. The van der Waals surface area contributed by atoms with Gasteiger partial charge >= 0.3 is 0 Å². The number of pyridine rings is 1. The predicted molar refractivity (Wildman–Crippen MR) is 90.3 cm³/mol. The quantitative estimate of drug-likeness (QED) is 0.762. The molecule has 2 aromatic rings. The zero-order chi connectivity index (χ0) is 14.7. The van der Waals surface area contributed by atoms with Gasteiger partial charge in [0.25, 0.3) is 0 Å². The van der Waals surface area contributed by atoms with Crippen molar-refractivity contribution < 1.29 is 4.74 Å². The monoisotopic (exact) mass is 410 g/mol. The lowest BCUT2D eigenvalue weighted by atomic mass is 10.2. The second kappa shape index (κ2) is 6.90. The van der Waals surface area contributed by atoms with Gasteiger partial charge in [0, 0.05) is 28.8 Å². The van der Waals surface area contributed by atoms with Crippen LogP contribution >= 0.6 is 31.9 Å². The van der Waals surface area contributed by atoms with Gasteiger partial charge in [-0.3, -0.25) is 4.98 Å². The van der Waals surface area contributed by atoms with Crippen molar-refractivity contribution in [2.75, 3.05) is 0 Å². The molecule has 0 bridgehead atoms. The van der Waals surface area contributed by atoms with Gasteiger partial charge in [-0.25, -0.2) is 0 Å². The standard InChI is InChI=1S/C16H16Br2N2O/c17-12-4-5-14(20-9-12)10-21-16-11(2-1-3-15(16)18)8-19-13-6-7-13/h1-5,9,13,19H,6-8,10H2. The molecule has 1 aromatic heterocycles. The van der Waals surface area contributed by atoms with Gasteiger partial charge in [-0.15, -0.1) is 0 Å². The number of hydrogen-bond donors (Lipinski definition) is 1. The highest BCUT2D eigenvalue weighted by Crippen LogP contribution is 2.30. The molecule has 1 aliphatic carbocycles. The molecule has 0 unspecified atom stereocenters. The van der Waals surface area contributed by atoms with E-state index in [9.17, 15) is 0 Å². The fourth-order valence-corrected chi connectivity index (χ4v) is 2.79. The first-order chi connectivity index (χ1) is 10.2. The fourth-order valence-electron chi connectivity index (χ4n) is 2.03. The third kappa shape index (κ3) is 4.28. The second-order valence-corrected chi connectivity index (χ2v) is 6.91. The lowest BCUT2D eigenvalue weighted by molar-refractivity contribution is 0.295. The molecule has 0 atom stereocenters. The summed E-state index contributed by atoms with van der Waals surface area (Å²) < 4.78 is 7.94. The smallest absolute Gasteiger partial charge is 0.138 e. The van der Waals surface area contributed by atoms with Gasteiger partial charge in [0.15, 0.2) is 0 Å². The Balaban J connectivity index is 1.69. The van der Waals surface area contributed by atoms with Crippen LogP contribution in [0.1, 0.15) is 24.1 Å². The zero-order valence-corrected chi connectivity index (χ0v) is 14.7. The SMILES string of the molecule is Brc1ccc(COc2c(Br)cccc2CNC2CC2)nc1. The summed E-state index contributed by atoms with van der Waals surface area (Å²) in [4.78, 5) is 4.33. The first-order valence-corrected chi connectivity index (χ1v) is 8.55. The summed E-state index contributed by atoms with van der Waals surface area (Å²) in [6, 6.07) is 10.8. The molecular formula is C16H16Br2N2O. The van der Waals surface area contributed by atoms with E-state index in [1.165, 1.54) is 18.4 Å². The van der Waals surface area contributed by atoms with E-state index < -0.39 is 0 Å². The first-order valence-electron chi connectivity index (χ1n) is 6.96. The van der Waals surface area contributed by atoms with Gasteiger partial charge in [0.1, 0.15) is 12.4 Å². The Kier molecular flexibility index (Phi) is 4.93. The molecule has 21 heavy (non-hydrogen) atoms. The van der Waals surface area contributed by atoms with Crippen LogP contribution in [-0.2, 0) is 13.2 Å². The van der Waals surface area contributed by atoms with E-state index in [1.54, 1.807) is 6.20 Å². The lowest BCUT2D eigenvalue weighted by Crippen LogP contribution is -2.16. The summed E-state index contributed by atoms with van der Waals surface area (Å²) in [7, 11) is 0.